The molecular formula is C21H20Cl2N4O2. The van der Waals surface area contributed by atoms with Gasteiger partial charge < -0.3 is 0 Å². The predicted molar refractivity (Wildman–Crippen MR) is 116 cm³/mol. The maximum absolute atomic E-state index is 12.8. The number of hydrogen-bond acceptors (Lipinski definition) is 4. The lowest BCUT2D eigenvalue weighted by Gasteiger charge is -2.20. The second kappa shape index (κ2) is 8.35. The Kier molecular flexibility index (Phi) is 6.05. The van der Waals surface area contributed by atoms with Gasteiger partial charge in [0.25, 0.3) is 5.56 Å². The van der Waals surface area contributed by atoms with Crippen molar-refractivity contribution in [3.05, 3.63) is 96.3 Å². The van der Waals surface area contributed by atoms with Crippen molar-refractivity contribution in [2.75, 3.05) is 0 Å². The van der Waals surface area contributed by atoms with Crippen molar-refractivity contribution >= 4 is 28.8 Å². The second-order valence-electron chi connectivity index (χ2n) is 7.08. The summed E-state index contributed by atoms with van der Waals surface area (Å²) in [6, 6.07) is 7.17. The first kappa shape index (κ1) is 21.0. The van der Waals surface area contributed by atoms with Gasteiger partial charge in [-0.3, -0.25) is 14.3 Å². The van der Waals surface area contributed by atoms with Crippen molar-refractivity contribution < 1.29 is 0 Å². The highest BCUT2D eigenvalue weighted by atomic mass is 35.5. The van der Waals surface area contributed by atoms with Gasteiger partial charge in [-0.2, -0.15) is 0 Å². The molecule has 2 heterocycles. The van der Waals surface area contributed by atoms with E-state index in [4.69, 9.17) is 23.2 Å². The fourth-order valence-corrected chi connectivity index (χ4v) is 3.72. The first-order valence-corrected chi connectivity index (χ1v) is 9.74. The number of halogens is 2. The average Bonchev–Trinajstić information content (AvgIpc) is 2.62. The van der Waals surface area contributed by atoms with E-state index >= 15 is 0 Å². The summed E-state index contributed by atoms with van der Waals surface area (Å²) < 4.78 is 1.45. The summed E-state index contributed by atoms with van der Waals surface area (Å²) in [4.78, 5) is 35.8. The fourth-order valence-electron chi connectivity index (χ4n) is 3.27. The van der Waals surface area contributed by atoms with Crippen molar-refractivity contribution in [2.45, 2.75) is 33.2 Å². The fraction of sp³-hybridized carbons (Fsp3) is 0.238. The Morgan fingerprint density at radius 2 is 1.97 bits per heavy atom. The number of hydrogen-bond donors (Lipinski definition) is 1. The SMILES string of the molecule is C=C(c1cc(C)cc(Cl)c1)c1c(C(C)C)c(=O)[nH]c(=O)n1Cc1ccnc(Cl)n1. The smallest absolute Gasteiger partial charge is 0.287 e. The van der Waals surface area contributed by atoms with Crippen LogP contribution in [0.3, 0.4) is 0 Å². The van der Waals surface area contributed by atoms with Gasteiger partial charge in [-0.25, -0.2) is 14.8 Å². The number of H-pyrrole nitrogens is 1. The molecule has 1 aromatic carbocycles. The van der Waals surface area contributed by atoms with Gasteiger partial charge in [0.15, 0.2) is 0 Å². The Hall–Kier alpha value is -2.70. The zero-order valence-corrected chi connectivity index (χ0v) is 17.8. The molecule has 0 aliphatic rings. The molecule has 0 atom stereocenters. The van der Waals surface area contributed by atoms with Crippen LogP contribution in [0.15, 0.2) is 46.6 Å². The highest BCUT2D eigenvalue weighted by Crippen LogP contribution is 2.29. The van der Waals surface area contributed by atoms with Crippen LogP contribution in [0.5, 0.6) is 0 Å². The molecule has 0 saturated carbocycles. The molecule has 6 nitrogen and oxygen atoms in total. The van der Waals surface area contributed by atoms with Gasteiger partial charge >= 0.3 is 5.69 Å². The summed E-state index contributed by atoms with van der Waals surface area (Å²) in [5.74, 6) is -0.147. The Bertz CT molecular complexity index is 1190. The molecule has 1 N–H and O–H groups in total. The van der Waals surface area contributed by atoms with Crippen molar-refractivity contribution in [1.82, 2.24) is 19.5 Å². The molecular weight excluding hydrogens is 411 g/mol. The maximum Gasteiger partial charge on any atom is 0.329 e. The number of aromatic amines is 1. The third-order valence-corrected chi connectivity index (χ3v) is 4.89. The molecule has 0 aliphatic heterocycles. The van der Waals surface area contributed by atoms with Gasteiger partial charge in [0, 0.05) is 16.8 Å². The first-order chi connectivity index (χ1) is 13.7. The van der Waals surface area contributed by atoms with E-state index in [1.807, 2.05) is 32.9 Å². The summed E-state index contributed by atoms with van der Waals surface area (Å²) >= 11 is 12.1. The van der Waals surface area contributed by atoms with Gasteiger partial charge in [-0.05, 0) is 59.3 Å². The lowest BCUT2D eigenvalue weighted by molar-refractivity contribution is 0.667. The van der Waals surface area contributed by atoms with Crippen LogP contribution in [0.4, 0.5) is 0 Å². The van der Waals surface area contributed by atoms with Crippen molar-refractivity contribution in [3.8, 4) is 0 Å². The first-order valence-electron chi connectivity index (χ1n) is 8.98. The van der Waals surface area contributed by atoms with Gasteiger partial charge in [0.2, 0.25) is 5.28 Å². The van der Waals surface area contributed by atoms with Gasteiger partial charge in [-0.1, -0.05) is 38.1 Å². The molecule has 0 unspecified atom stereocenters. The number of aromatic nitrogens is 4. The van der Waals surface area contributed by atoms with E-state index in [9.17, 15) is 9.59 Å². The van der Waals surface area contributed by atoms with E-state index in [2.05, 4.69) is 21.5 Å². The molecule has 0 aliphatic carbocycles. The largest absolute Gasteiger partial charge is 0.329 e. The Balaban J connectivity index is 2.28. The molecule has 150 valence electrons. The highest BCUT2D eigenvalue weighted by molar-refractivity contribution is 6.30. The van der Waals surface area contributed by atoms with E-state index in [1.165, 1.54) is 10.8 Å². The lowest BCUT2D eigenvalue weighted by Crippen LogP contribution is -2.36. The van der Waals surface area contributed by atoms with Crippen LogP contribution < -0.4 is 11.2 Å². The molecule has 29 heavy (non-hydrogen) atoms. The Morgan fingerprint density at radius 3 is 2.59 bits per heavy atom. The Labute approximate surface area is 177 Å². The normalized spacial score (nSPS) is 11.1. The molecule has 0 bridgehead atoms. The predicted octanol–water partition coefficient (Wildman–Crippen LogP) is 4.18. The summed E-state index contributed by atoms with van der Waals surface area (Å²) in [5, 5.41) is 0.628. The van der Waals surface area contributed by atoms with Crippen LogP contribution in [0, 0.1) is 6.92 Å². The van der Waals surface area contributed by atoms with Crippen molar-refractivity contribution in [2.24, 2.45) is 0 Å². The number of nitrogens with one attached hydrogen (secondary N) is 1. The van der Waals surface area contributed by atoms with Crippen LogP contribution in [-0.2, 0) is 6.54 Å². The number of rotatable bonds is 5. The number of benzene rings is 1. The molecule has 3 rings (SSSR count). The molecule has 0 spiro atoms. The molecule has 0 amide bonds. The van der Waals surface area contributed by atoms with Crippen molar-refractivity contribution in [3.63, 3.8) is 0 Å². The van der Waals surface area contributed by atoms with E-state index in [0.29, 0.717) is 27.5 Å². The summed E-state index contributed by atoms with van der Waals surface area (Å²) in [5.41, 5.74) is 2.67. The van der Waals surface area contributed by atoms with Crippen LogP contribution in [0.2, 0.25) is 10.3 Å². The minimum atomic E-state index is -0.552. The van der Waals surface area contributed by atoms with Gasteiger partial charge in [-0.15, -0.1) is 0 Å². The summed E-state index contributed by atoms with van der Waals surface area (Å²) in [7, 11) is 0. The second-order valence-corrected chi connectivity index (χ2v) is 7.85. The van der Waals surface area contributed by atoms with E-state index in [1.54, 1.807) is 12.1 Å². The van der Waals surface area contributed by atoms with Crippen molar-refractivity contribution in [1.29, 1.82) is 0 Å². The van der Waals surface area contributed by atoms with E-state index < -0.39 is 11.2 Å². The maximum atomic E-state index is 12.8. The van der Waals surface area contributed by atoms with E-state index in [-0.39, 0.29) is 17.7 Å². The third kappa shape index (κ3) is 4.49. The zero-order valence-electron chi connectivity index (χ0n) is 16.3. The van der Waals surface area contributed by atoms with Gasteiger partial charge in [0.05, 0.1) is 17.9 Å². The van der Waals surface area contributed by atoms with Crippen LogP contribution in [-0.4, -0.2) is 19.5 Å². The standard InChI is InChI=1S/C21H20Cl2N4O2/c1-11(2)17-18(13(4)14-7-12(3)8-15(22)9-14)27(21(29)26-19(17)28)10-16-5-6-24-20(23)25-16/h5-9,11H,4,10H2,1-3H3,(H,26,28,29). The topological polar surface area (TPSA) is 80.6 Å². The lowest BCUT2D eigenvalue weighted by atomic mass is 9.94. The highest BCUT2D eigenvalue weighted by Gasteiger charge is 2.21. The zero-order chi connectivity index (χ0) is 21.3. The molecule has 0 fully saturated rings. The third-order valence-electron chi connectivity index (χ3n) is 4.49. The van der Waals surface area contributed by atoms with Crippen LogP contribution in [0.1, 0.15) is 47.8 Å². The minimum absolute atomic E-state index is 0.0786. The monoisotopic (exact) mass is 430 g/mol. The molecule has 8 heteroatoms. The van der Waals surface area contributed by atoms with Gasteiger partial charge in [0.1, 0.15) is 0 Å². The minimum Gasteiger partial charge on any atom is -0.287 e. The quantitative estimate of drug-likeness (QED) is 0.615. The molecule has 0 radical (unpaired) electrons. The number of nitrogens with zero attached hydrogens (tertiary/aromatic N) is 3. The summed E-state index contributed by atoms with van der Waals surface area (Å²) in [6.45, 7) is 9.99. The van der Waals surface area contributed by atoms with Crippen LogP contribution >= 0.6 is 23.2 Å². The summed E-state index contributed by atoms with van der Waals surface area (Å²) in [6.07, 6.45) is 1.51. The number of aryl methyl sites for hydroxylation is 1. The van der Waals surface area contributed by atoms with Crippen LogP contribution in [0.25, 0.3) is 5.57 Å². The molecule has 0 saturated heterocycles. The average molecular weight is 431 g/mol. The molecule has 3 aromatic rings. The van der Waals surface area contributed by atoms with E-state index in [0.717, 1.165) is 11.1 Å². The molecule has 2 aromatic heterocycles. The Morgan fingerprint density at radius 1 is 1.24 bits per heavy atom.